The Labute approximate surface area is 133 Å². The van der Waals surface area contributed by atoms with Gasteiger partial charge in [0.15, 0.2) is 0 Å². The van der Waals surface area contributed by atoms with E-state index in [4.69, 9.17) is 4.42 Å². The van der Waals surface area contributed by atoms with Crippen molar-refractivity contribution in [2.45, 2.75) is 26.3 Å². The fourth-order valence-electron chi connectivity index (χ4n) is 2.49. The van der Waals surface area contributed by atoms with Gasteiger partial charge in [-0.25, -0.2) is 0 Å². The van der Waals surface area contributed by atoms with Crippen LogP contribution in [0.1, 0.15) is 34.5 Å². The van der Waals surface area contributed by atoms with Crippen molar-refractivity contribution in [2.24, 2.45) is 0 Å². The molecule has 2 aromatic rings. The number of nitrogens with one attached hydrogen (secondary N) is 1. The number of imide groups is 1. The number of furan rings is 1. The van der Waals surface area contributed by atoms with E-state index in [1.54, 1.807) is 37.3 Å². The third-order valence-corrected chi connectivity index (χ3v) is 3.81. The van der Waals surface area contributed by atoms with Crippen molar-refractivity contribution in [3.8, 4) is 0 Å². The standard InChI is InChI=1S/C17H16N2O4/c1-11-14(8-9-23-11)17(22)18-13-4-2-12(3-5-13)10-19-15(20)6-7-16(19)21/h2-5,8-9H,6-7,10H2,1H3,(H,18,22). The maximum Gasteiger partial charge on any atom is 0.259 e. The van der Waals surface area contributed by atoms with Gasteiger partial charge in [-0.15, -0.1) is 0 Å². The number of aryl methyl sites for hydroxylation is 1. The zero-order valence-corrected chi connectivity index (χ0v) is 12.7. The monoisotopic (exact) mass is 312 g/mol. The second-order valence-corrected chi connectivity index (χ2v) is 5.42. The van der Waals surface area contributed by atoms with E-state index in [0.717, 1.165) is 5.56 Å². The maximum atomic E-state index is 12.1. The molecule has 0 atom stereocenters. The molecule has 3 amide bonds. The number of hydrogen-bond acceptors (Lipinski definition) is 4. The first kappa shape index (κ1) is 15.0. The van der Waals surface area contributed by atoms with Crippen molar-refractivity contribution >= 4 is 23.4 Å². The van der Waals surface area contributed by atoms with Crippen LogP contribution in [0.5, 0.6) is 0 Å². The molecule has 2 heterocycles. The maximum absolute atomic E-state index is 12.1. The molecule has 1 fully saturated rings. The van der Waals surface area contributed by atoms with Gasteiger partial charge in [-0.3, -0.25) is 19.3 Å². The van der Waals surface area contributed by atoms with Crippen LogP contribution in [0, 0.1) is 6.92 Å². The van der Waals surface area contributed by atoms with Gasteiger partial charge in [0.2, 0.25) is 11.8 Å². The number of likely N-dealkylation sites (tertiary alicyclic amines) is 1. The van der Waals surface area contributed by atoms with Crippen molar-refractivity contribution in [1.29, 1.82) is 0 Å². The van der Waals surface area contributed by atoms with Gasteiger partial charge in [0, 0.05) is 18.5 Å². The van der Waals surface area contributed by atoms with Crippen LogP contribution in [0.2, 0.25) is 0 Å². The summed E-state index contributed by atoms with van der Waals surface area (Å²) in [6.07, 6.45) is 2.05. The lowest BCUT2D eigenvalue weighted by Crippen LogP contribution is -2.28. The molecule has 1 aromatic heterocycles. The fraction of sp³-hybridized carbons (Fsp3) is 0.235. The number of carbonyl (C=O) groups is 3. The Morgan fingerprint density at radius 3 is 2.35 bits per heavy atom. The number of hydrogen-bond donors (Lipinski definition) is 1. The molecular weight excluding hydrogens is 296 g/mol. The van der Waals surface area contributed by atoms with Gasteiger partial charge in [-0.2, -0.15) is 0 Å². The molecule has 23 heavy (non-hydrogen) atoms. The van der Waals surface area contributed by atoms with E-state index in [1.807, 2.05) is 0 Å². The molecular formula is C17H16N2O4. The lowest BCUT2D eigenvalue weighted by Gasteiger charge is -2.14. The highest BCUT2D eigenvalue weighted by molar-refractivity contribution is 6.05. The smallest absolute Gasteiger partial charge is 0.259 e. The van der Waals surface area contributed by atoms with E-state index >= 15 is 0 Å². The lowest BCUT2D eigenvalue weighted by molar-refractivity contribution is -0.139. The zero-order chi connectivity index (χ0) is 16.4. The van der Waals surface area contributed by atoms with Gasteiger partial charge in [-0.1, -0.05) is 12.1 Å². The molecule has 1 aliphatic rings. The third kappa shape index (κ3) is 3.15. The Morgan fingerprint density at radius 1 is 1.13 bits per heavy atom. The number of carbonyl (C=O) groups excluding carboxylic acids is 3. The molecule has 0 spiro atoms. The van der Waals surface area contributed by atoms with E-state index in [0.29, 0.717) is 17.0 Å². The average molecular weight is 312 g/mol. The Hall–Kier alpha value is -2.89. The van der Waals surface area contributed by atoms with E-state index in [1.165, 1.54) is 11.2 Å². The van der Waals surface area contributed by atoms with E-state index < -0.39 is 0 Å². The Bertz CT molecular complexity index is 745. The van der Waals surface area contributed by atoms with Crippen LogP contribution in [-0.2, 0) is 16.1 Å². The average Bonchev–Trinajstić information content (AvgIpc) is 3.09. The minimum atomic E-state index is -0.242. The minimum Gasteiger partial charge on any atom is -0.469 e. The largest absolute Gasteiger partial charge is 0.469 e. The van der Waals surface area contributed by atoms with Gasteiger partial charge in [0.05, 0.1) is 18.4 Å². The lowest BCUT2D eigenvalue weighted by atomic mass is 10.2. The summed E-state index contributed by atoms with van der Waals surface area (Å²) in [6, 6.07) is 8.68. The van der Waals surface area contributed by atoms with Crippen molar-refractivity contribution in [2.75, 3.05) is 5.32 Å². The highest BCUT2D eigenvalue weighted by Gasteiger charge is 2.28. The van der Waals surface area contributed by atoms with Crippen molar-refractivity contribution in [1.82, 2.24) is 4.90 Å². The van der Waals surface area contributed by atoms with Crippen LogP contribution in [0.4, 0.5) is 5.69 Å². The van der Waals surface area contributed by atoms with E-state index in [9.17, 15) is 14.4 Å². The molecule has 118 valence electrons. The highest BCUT2D eigenvalue weighted by Crippen LogP contribution is 2.18. The van der Waals surface area contributed by atoms with Crippen LogP contribution < -0.4 is 5.32 Å². The number of rotatable bonds is 4. The van der Waals surface area contributed by atoms with Crippen molar-refractivity contribution in [3.05, 3.63) is 53.5 Å². The highest BCUT2D eigenvalue weighted by atomic mass is 16.3. The molecule has 3 rings (SSSR count). The molecule has 0 saturated carbocycles. The predicted octanol–water partition coefficient (Wildman–Crippen LogP) is 2.49. The molecule has 1 saturated heterocycles. The van der Waals surface area contributed by atoms with Gasteiger partial charge >= 0.3 is 0 Å². The first-order valence-electron chi connectivity index (χ1n) is 7.32. The van der Waals surface area contributed by atoms with Gasteiger partial charge in [0.25, 0.3) is 5.91 Å². The molecule has 0 unspecified atom stereocenters. The number of nitrogens with zero attached hydrogens (tertiary/aromatic N) is 1. The van der Waals surface area contributed by atoms with E-state index in [-0.39, 0.29) is 37.1 Å². The summed E-state index contributed by atoms with van der Waals surface area (Å²) in [6.45, 7) is 1.99. The summed E-state index contributed by atoms with van der Waals surface area (Å²) in [7, 11) is 0. The topological polar surface area (TPSA) is 79.6 Å². The van der Waals surface area contributed by atoms with Gasteiger partial charge in [-0.05, 0) is 30.7 Å². The number of benzene rings is 1. The summed E-state index contributed by atoms with van der Waals surface area (Å²) in [4.78, 5) is 36.6. The second kappa shape index (κ2) is 6.08. The quantitative estimate of drug-likeness (QED) is 0.880. The molecule has 1 N–H and O–H groups in total. The predicted molar refractivity (Wildman–Crippen MR) is 82.6 cm³/mol. The van der Waals surface area contributed by atoms with Crippen LogP contribution in [-0.4, -0.2) is 22.6 Å². The SMILES string of the molecule is Cc1occc1C(=O)Nc1ccc(CN2C(=O)CCC2=O)cc1. The zero-order valence-electron chi connectivity index (χ0n) is 12.7. The van der Waals surface area contributed by atoms with Crippen LogP contribution in [0.3, 0.4) is 0 Å². The Kier molecular flexibility index (Phi) is 3.97. The molecule has 1 aromatic carbocycles. The Morgan fingerprint density at radius 2 is 1.78 bits per heavy atom. The normalized spacial score (nSPS) is 14.4. The molecule has 0 aliphatic carbocycles. The van der Waals surface area contributed by atoms with Crippen LogP contribution in [0.25, 0.3) is 0 Å². The summed E-state index contributed by atoms with van der Waals surface area (Å²) >= 11 is 0. The van der Waals surface area contributed by atoms with Crippen LogP contribution in [0.15, 0.2) is 41.0 Å². The summed E-state index contributed by atoms with van der Waals surface area (Å²) in [5, 5.41) is 2.78. The molecule has 0 bridgehead atoms. The summed E-state index contributed by atoms with van der Waals surface area (Å²) in [5.41, 5.74) is 1.96. The first-order chi connectivity index (χ1) is 11.0. The third-order valence-electron chi connectivity index (χ3n) is 3.81. The molecule has 6 nitrogen and oxygen atoms in total. The van der Waals surface area contributed by atoms with Gasteiger partial charge < -0.3 is 9.73 Å². The Balaban J connectivity index is 1.65. The van der Waals surface area contributed by atoms with Gasteiger partial charge in [0.1, 0.15) is 5.76 Å². The van der Waals surface area contributed by atoms with E-state index in [2.05, 4.69) is 5.32 Å². The fourth-order valence-corrected chi connectivity index (χ4v) is 2.49. The molecule has 0 radical (unpaired) electrons. The first-order valence-corrected chi connectivity index (χ1v) is 7.32. The number of anilines is 1. The molecule has 1 aliphatic heterocycles. The summed E-state index contributed by atoms with van der Waals surface area (Å²) in [5.74, 6) is 0.0460. The minimum absolute atomic E-state index is 0.136. The number of amides is 3. The van der Waals surface area contributed by atoms with Crippen LogP contribution >= 0.6 is 0 Å². The summed E-state index contributed by atoms with van der Waals surface area (Å²) < 4.78 is 5.11. The second-order valence-electron chi connectivity index (χ2n) is 5.42. The van der Waals surface area contributed by atoms with Crippen molar-refractivity contribution < 1.29 is 18.8 Å². The molecule has 6 heteroatoms. The van der Waals surface area contributed by atoms with Crippen molar-refractivity contribution in [3.63, 3.8) is 0 Å².